The zero-order valence-electron chi connectivity index (χ0n) is 4.57. The Hall–Kier alpha value is 0.0700. The fourth-order valence-electron chi connectivity index (χ4n) is 0.470. The van der Waals surface area contributed by atoms with E-state index in [0.29, 0.717) is 4.20 Å². The van der Waals surface area contributed by atoms with Crippen LogP contribution in [0.15, 0.2) is 11.6 Å². The molecule has 1 nitrogen and oxygen atoms in total. The van der Waals surface area contributed by atoms with Crippen molar-refractivity contribution in [3.05, 3.63) is 16.6 Å². The highest BCUT2D eigenvalue weighted by Crippen LogP contribution is 2.06. The normalized spacial score (nSPS) is 9.44. The fraction of sp³-hybridized carbons (Fsp3) is 0.200. The predicted octanol–water partition coefficient (Wildman–Crippen LogP) is 1.94. The number of rotatable bonds is 2. The number of thiazole rings is 1. The summed E-state index contributed by atoms with van der Waals surface area (Å²) in [4.78, 5) is 4.04. The maximum absolute atomic E-state index is 4.77. The van der Waals surface area contributed by atoms with E-state index < -0.39 is 0 Å². The van der Waals surface area contributed by atoms with Gasteiger partial charge in [-0.3, -0.25) is 0 Å². The topological polar surface area (TPSA) is 12.9 Å². The lowest BCUT2D eigenvalue weighted by molar-refractivity contribution is 1.25. The summed E-state index contributed by atoms with van der Waals surface area (Å²) in [6, 6.07) is 0. The minimum Gasteiger partial charge on any atom is -0.249 e. The smallest absolute Gasteiger partial charge is 0.0982 e. The van der Waals surface area contributed by atoms with Crippen molar-refractivity contribution in [1.82, 2.24) is 4.98 Å². The molecule has 1 rings (SSSR count). The Bertz CT molecular complexity index is 192. The first-order valence-electron chi connectivity index (χ1n) is 2.39. The number of thiol groups is 1. The number of hydrogen-bond acceptors (Lipinski definition) is 3. The largest absolute Gasteiger partial charge is 0.249 e. The Balaban J connectivity index is 2.58. The van der Waals surface area contributed by atoms with Crippen LogP contribution in [-0.4, -0.2) is 9.18 Å². The van der Waals surface area contributed by atoms with E-state index in [1.54, 1.807) is 17.5 Å². The molecule has 0 N–H and O–H groups in total. The monoisotopic (exact) mass is 175 g/mol. The van der Waals surface area contributed by atoms with Crippen LogP contribution in [0.25, 0.3) is 0 Å². The molecule has 0 aliphatic heterocycles. The SMILES string of the molecule is S=C(S)Cc1nccs1. The van der Waals surface area contributed by atoms with Gasteiger partial charge in [-0.1, -0.05) is 12.2 Å². The van der Waals surface area contributed by atoms with Crippen LogP contribution in [-0.2, 0) is 6.42 Å². The van der Waals surface area contributed by atoms with E-state index in [1.807, 2.05) is 5.38 Å². The fourth-order valence-corrected chi connectivity index (χ4v) is 1.58. The number of thiocarbonyl (C=S) groups is 1. The van der Waals surface area contributed by atoms with Crippen LogP contribution in [0.5, 0.6) is 0 Å². The van der Waals surface area contributed by atoms with E-state index in [-0.39, 0.29) is 0 Å². The summed E-state index contributed by atoms with van der Waals surface area (Å²) in [6.45, 7) is 0. The van der Waals surface area contributed by atoms with Crippen molar-refractivity contribution < 1.29 is 0 Å². The van der Waals surface area contributed by atoms with Gasteiger partial charge in [0.25, 0.3) is 0 Å². The van der Waals surface area contributed by atoms with E-state index in [1.165, 1.54) is 0 Å². The number of nitrogens with zero attached hydrogens (tertiary/aromatic N) is 1. The highest BCUT2D eigenvalue weighted by atomic mass is 32.1. The lowest BCUT2D eigenvalue weighted by atomic mass is 10.5. The van der Waals surface area contributed by atoms with Gasteiger partial charge < -0.3 is 0 Å². The second kappa shape index (κ2) is 3.29. The van der Waals surface area contributed by atoms with Gasteiger partial charge in [-0.2, -0.15) is 0 Å². The van der Waals surface area contributed by atoms with Crippen molar-refractivity contribution in [2.24, 2.45) is 0 Å². The van der Waals surface area contributed by atoms with Gasteiger partial charge in [0.1, 0.15) is 0 Å². The second-order valence-corrected chi connectivity index (χ2v) is 3.81. The molecular formula is C5H5NS3. The average Bonchev–Trinajstić information content (AvgIpc) is 2.15. The van der Waals surface area contributed by atoms with Crippen molar-refractivity contribution in [2.75, 3.05) is 0 Å². The molecule has 0 atom stereocenters. The highest BCUT2D eigenvalue weighted by molar-refractivity contribution is 8.11. The first kappa shape index (κ1) is 7.18. The Morgan fingerprint density at radius 1 is 1.89 bits per heavy atom. The molecule has 1 aromatic heterocycles. The van der Waals surface area contributed by atoms with Crippen molar-refractivity contribution >= 4 is 40.4 Å². The molecule has 0 aliphatic rings. The van der Waals surface area contributed by atoms with Gasteiger partial charge in [-0.05, 0) is 0 Å². The van der Waals surface area contributed by atoms with Gasteiger partial charge in [0, 0.05) is 18.0 Å². The summed E-state index contributed by atoms with van der Waals surface area (Å²) in [7, 11) is 0. The van der Waals surface area contributed by atoms with Crippen LogP contribution in [0.1, 0.15) is 5.01 Å². The first-order valence-corrected chi connectivity index (χ1v) is 4.12. The Kier molecular flexibility index (Phi) is 2.63. The van der Waals surface area contributed by atoms with Crippen LogP contribution >= 0.6 is 36.2 Å². The first-order chi connectivity index (χ1) is 4.29. The molecule has 4 heteroatoms. The minimum atomic E-state index is 0.699. The van der Waals surface area contributed by atoms with Crippen LogP contribution in [0, 0.1) is 0 Å². The van der Waals surface area contributed by atoms with E-state index in [4.69, 9.17) is 12.2 Å². The lowest BCUT2D eigenvalue weighted by Gasteiger charge is -1.87. The molecule has 9 heavy (non-hydrogen) atoms. The van der Waals surface area contributed by atoms with Crippen LogP contribution in [0.3, 0.4) is 0 Å². The molecule has 48 valence electrons. The Labute approximate surface area is 68.5 Å². The third-order valence-electron chi connectivity index (χ3n) is 0.786. The minimum absolute atomic E-state index is 0.699. The molecule has 0 radical (unpaired) electrons. The third-order valence-corrected chi connectivity index (χ3v) is 1.87. The summed E-state index contributed by atoms with van der Waals surface area (Å²) in [6.07, 6.45) is 2.49. The quantitative estimate of drug-likeness (QED) is 0.545. The molecule has 0 amide bonds. The highest BCUT2D eigenvalue weighted by Gasteiger charge is 1.94. The number of aromatic nitrogens is 1. The lowest BCUT2D eigenvalue weighted by Crippen LogP contribution is -1.88. The summed E-state index contributed by atoms with van der Waals surface area (Å²) in [5, 5.41) is 2.97. The predicted molar refractivity (Wildman–Crippen MR) is 47.4 cm³/mol. The van der Waals surface area contributed by atoms with Gasteiger partial charge >= 0.3 is 0 Å². The van der Waals surface area contributed by atoms with E-state index in [9.17, 15) is 0 Å². The van der Waals surface area contributed by atoms with Gasteiger partial charge in [0.15, 0.2) is 0 Å². The maximum atomic E-state index is 4.77. The summed E-state index contributed by atoms with van der Waals surface area (Å²) in [5.41, 5.74) is 0. The van der Waals surface area contributed by atoms with E-state index in [0.717, 1.165) is 11.4 Å². The molecule has 0 saturated carbocycles. The van der Waals surface area contributed by atoms with Crippen molar-refractivity contribution in [3.8, 4) is 0 Å². The molecule has 1 aromatic rings. The summed E-state index contributed by atoms with van der Waals surface area (Å²) < 4.78 is 0.699. The van der Waals surface area contributed by atoms with Gasteiger partial charge in [-0.25, -0.2) is 4.98 Å². The molecule has 0 bridgehead atoms. The molecule has 0 fully saturated rings. The van der Waals surface area contributed by atoms with Crippen LogP contribution in [0.2, 0.25) is 0 Å². The average molecular weight is 175 g/mol. The molecule has 0 aromatic carbocycles. The van der Waals surface area contributed by atoms with Crippen molar-refractivity contribution in [1.29, 1.82) is 0 Å². The maximum Gasteiger partial charge on any atom is 0.0982 e. The molecule has 0 spiro atoms. The van der Waals surface area contributed by atoms with Crippen LogP contribution in [0.4, 0.5) is 0 Å². The summed E-state index contributed by atoms with van der Waals surface area (Å²) in [5.74, 6) is 0. The molecule has 0 aliphatic carbocycles. The van der Waals surface area contributed by atoms with Gasteiger partial charge in [0.2, 0.25) is 0 Å². The van der Waals surface area contributed by atoms with Gasteiger partial charge in [0.05, 0.1) is 9.20 Å². The zero-order valence-corrected chi connectivity index (χ0v) is 7.10. The molecule has 0 saturated heterocycles. The third kappa shape index (κ3) is 2.43. The van der Waals surface area contributed by atoms with Crippen molar-refractivity contribution in [2.45, 2.75) is 6.42 Å². The van der Waals surface area contributed by atoms with E-state index in [2.05, 4.69) is 17.6 Å². The van der Waals surface area contributed by atoms with Crippen molar-refractivity contribution in [3.63, 3.8) is 0 Å². The second-order valence-electron chi connectivity index (χ2n) is 1.50. The molecule has 1 heterocycles. The Morgan fingerprint density at radius 2 is 2.67 bits per heavy atom. The zero-order chi connectivity index (χ0) is 6.69. The number of hydrogen-bond donors (Lipinski definition) is 1. The molecule has 0 unspecified atom stereocenters. The van der Waals surface area contributed by atoms with Crippen LogP contribution < -0.4 is 0 Å². The molecular weight excluding hydrogens is 170 g/mol. The standard InChI is InChI=1S/C5H5NS3/c7-5(8)3-4-6-1-2-9-4/h1-2H,3H2,(H,7,8). The summed E-state index contributed by atoms with van der Waals surface area (Å²) >= 11 is 10.4. The van der Waals surface area contributed by atoms with Gasteiger partial charge in [-0.15, -0.1) is 24.0 Å². The van der Waals surface area contributed by atoms with E-state index >= 15 is 0 Å². The Morgan fingerprint density at radius 3 is 3.11 bits per heavy atom.